The molecule has 6 nitrogen and oxygen atoms in total. The largest absolute Gasteiger partial charge is 0.486 e. The molecule has 8 heteroatoms. The number of carbonyl (C=O) groups is 1. The van der Waals surface area contributed by atoms with Gasteiger partial charge in [-0.25, -0.2) is 0 Å². The number of benzene rings is 2. The number of ether oxygens (including phenoxy) is 1. The Morgan fingerprint density at radius 3 is 2.77 bits per heavy atom. The Hall–Kier alpha value is -2.51. The molecule has 0 saturated carbocycles. The van der Waals surface area contributed by atoms with Crippen molar-refractivity contribution >= 4 is 35.0 Å². The number of rotatable bonds is 6. The first kappa shape index (κ1) is 20.8. The maximum atomic E-state index is 13.1. The molecular weight excluding hydrogens is 420 g/mol. The number of nitrogens with zero attached hydrogens (tertiary/aromatic N) is 4. The maximum Gasteiger partial charge on any atom is 0.240 e. The zero-order valence-electron chi connectivity index (χ0n) is 16.9. The lowest BCUT2D eigenvalue weighted by atomic mass is 10.0. The summed E-state index contributed by atoms with van der Waals surface area (Å²) in [4.78, 5) is 15.0. The smallest absolute Gasteiger partial charge is 0.240 e. The van der Waals surface area contributed by atoms with Crippen LogP contribution < -0.4 is 9.64 Å². The number of para-hydroxylation sites is 1. The van der Waals surface area contributed by atoms with Crippen LogP contribution in [-0.2, 0) is 24.9 Å². The predicted octanol–water partition coefficient (Wildman–Crippen LogP) is 4.51. The quantitative estimate of drug-likeness (QED) is 0.526. The first-order valence-corrected chi connectivity index (χ1v) is 11.1. The summed E-state index contributed by atoms with van der Waals surface area (Å²) in [6, 6.07) is 15.3. The zero-order chi connectivity index (χ0) is 21.1. The number of halogens is 1. The number of aryl methyl sites for hydroxylation is 1. The fourth-order valence-electron chi connectivity index (χ4n) is 3.44. The molecule has 0 fully saturated rings. The Kier molecular flexibility index (Phi) is 6.29. The van der Waals surface area contributed by atoms with Gasteiger partial charge in [-0.05, 0) is 55.7 Å². The van der Waals surface area contributed by atoms with E-state index in [0.29, 0.717) is 21.8 Å². The fourth-order valence-corrected chi connectivity index (χ4v) is 4.46. The zero-order valence-corrected chi connectivity index (χ0v) is 18.5. The van der Waals surface area contributed by atoms with Crippen LogP contribution in [0.3, 0.4) is 0 Å². The average molecular weight is 443 g/mol. The van der Waals surface area contributed by atoms with Crippen molar-refractivity contribution in [3.63, 3.8) is 0 Å². The standard InChI is InChI=1S/C22H23ClN4O2S/c1-15(21(28)27-13-5-7-16-6-3-4-8-19(16)27)30-22-25-24-20(26(22)2)14-29-18-11-9-17(23)10-12-18/h3-4,6,8-12,15H,5,7,13-14H2,1-2H3. The molecule has 1 aromatic heterocycles. The third-order valence-electron chi connectivity index (χ3n) is 5.11. The van der Waals surface area contributed by atoms with Gasteiger partial charge in [-0.3, -0.25) is 4.79 Å². The van der Waals surface area contributed by atoms with E-state index in [2.05, 4.69) is 16.3 Å². The van der Waals surface area contributed by atoms with Crippen LogP contribution in [0.1, 0.15) is 24.7 Å². The van der Waals surface area contributed by atoms with Crippen LogP contribution in [0.2, 0.25) is 5.02 Å². The summed E-state index contributed by atoms with van der Waals surface area (Å²) < 4.78 is 7.63. The lowest BCUT2D eigenvalue weighted by Gasteiger charge is -2.31. The highest BCUT2D eigenvalue weighted by molar-refractivity contribution is 8.00. The van der Waals surface area contributed by atoms with E-state index in [0.717, 1.165) is 25.1 Å². The van der Waals surface area contributed by atoms with Crippen molar-refractivity contribution in [2.75, 3.05) is 11.4 Å². The Balaban J connectivity index is 1.41. The molecule has 1 aliphatic heterocycles. The van der Waals surface area contributed by atoms with Crippen molar-refractivity contribution in [3.05, 3.63) is 64.9 Å². The number of hydrogen-bond donors (Lipinski definition) is 0. The van der Waals surface area contributed by atoms with Gasteiger partial charge in [0.2, 0.25) is 5.91 Å². The topological polar surface area (TPSA) is 60.3 Å². The molecule has 0 N–H and O–H groups in total. The molecule has 0 radical (unpaired) electrons. The number of fused-ring (bicyclic) bond motifs is 1. The minimum atomic E-state index is -0.274. The monoisotopic (exact) mass is 442 g/mol. The second-order valence-electron chi connectivity index (χ2n) is 7.18. The van der Waals surface area contributed by atoms with Gasteiger partial charge in [0.15, 0.2) is 11.0 Å². The van der Waals surface area contributed by atoms with Gasteiger partial charge >= 0.3 is 0 Å². The normalized spacial score (nSPS) is 14.3. The van der Waals surface area contributed by atoms with Crippen molar-refractivity contribution in [3.8, 4) is 5.75 Å². The highest BCUT2D eigenvalue weighted by Crippen LogP contribution is 2.30. The maximum absolute atomic E-state index is 13.1. The van der Waals surface area contributed by atoms with Crippen LogP contribution in [0.5, 0.6) is 5.75 Å². The highest BCUT2D eigenvalue weighted by Gasteiger charge is 2.28. The van der Waals surface area contributed by atoms with E-state index >= 15 is 0 Å². The Morgan fingerprint density at radius 2 is 1.97 bits per heavy atom. The lowest BCUT2D eigenvalue weighted by molar-refractivity contribution is -0.117. The van der Waals surface area contributed by atoms with Gasteiger partial charge in [-0.1, -0.05) is 41.6 Å². The fraction of sp³-hybridized carbons (Fsp3) is 0.318. The van der Waals surface area contributed by atoms with Gasteiger partial charge in [0.05, 0.1) is 5.25 Å². The summed E-state index contributed by atoms with van der Waals surface area (Å²) in [5.74, 6) is 1.49. The van der Waals surface area contributed by atoms with Crippen LogP contribution in [0.15, 0.2) is 53.7 Å². The molecule has 2 aromatic carbocycles. The average Bonchev–Trinajstić information content (AvgIpc) is 3.11. The SMILES string of the molecule is CC(Sc1nnc(COc2ccc(Cl)cc2)n1C)C(=O)N1CCCc2ccccc21. The van der Waals surface area contributed by atoms with E-state index in [1.807, 2.05) is 53.8 Å². The number of anilines is 1. The van der Waals surface area contributed by atoms with E-state index in [-0.39, 0.29) is 17.8 Å². The van der Waals surface area contributed by atoms with Gasteiger partial charge < -0.3 is 14.2 Å². The van der Waals surface area contributed by atoms with Gasteiger partial charge in [0, 0.05) is 24.3 Å². The van der Waals surface area contributed by atoms with Crippen molar-refractivity contribution in [2.24, 2.45) is 7.05 Å². The molecule has 30 heavy (non-hydrogen) atoms. The molecule has 4 rings (SSSR count). The second kappa shape index (κ2) is 9.10. The van der Waals surface area contributed by atoms with E-state index in [1.54, 1.807) is 12.1 Å². The Morgan fingerprint density at radius 1 is 1.20 bits per heavy atom. The van der Waals surface area contributed by atoms with Crippen LogP contribution in [0.4, 0.5) is 5.69 Å². The molecule has 0 spiro atoms. The highest BCUT2D eigenvalue weighted by atomic mass is 35.5. The molecule has 3 aromatic rings. The van der Waals surface area contributed by atoms with Crippen molar-refractivity contribution in [2.45, 2.75) is 36.8 Å². The van der Waals surface area contributed by atoms with Crippen molar-refractivity contribution in [1.29, 1.82) is 0 Å². The second-order valence-corrected chi connectivity index (χ2v) is 8.93. The first-order chi connectivity index (χ1) is 14.5. The number of aromatic nitrogens is 3. The number of hydrogen-bond acceptors (Lipinski definition) is 5. The van der Waals surface area contributed by atoms with Gasteiger partial charge in [0.25, 0.3) is 0 Å². The van der Waals surface area contributed by atoms with E-state index in [4.69, 9.17) is 16.3 Å². The third-order valence-corrected chi connectivity index (χ3v) is 6.49. The lowest BCUT2D eigenvalue weighted by Crippen LogP contribution is -2.40. The van der Waals surface area contributed by atoms with Crippen molar-refractivity contribution in [1.82, 2.24) is 14.8 Å². The molecular formula is C22H23ClN4O2S. The minimum absolute atomic E-state index is 0.0918. The summed E-state index contributed by atoms with van der Waals surface area (Å²) in [6.45, 7) is 2.95. The molecule has 156 valence electrons. The van der Waals surface area contributed by atoms with E-state index < -0.39 is 0 Å². The van der Waals surface area contributed by atoms with Gasteiger partial charge in [-0.15, -0.1) is 10.2 Å². The number of thioether (sulfide) groups is 1. The Labute approximate surface area is 185 Å². The molecule has 1 amide bonds. The number of amides is 1. The van der Waals surface area contributed by atoms with E-state index in [1.165, 1.54) is 17.3 Å². The molecule has 2 heterocycles. The van der Waals surface area contributed by atoms with Crippen LogP contribution >= 0.6 is 23.4 Å². The van der Waals surface area contributed by atoms with Gasteiger partial charge in [-0.2, -0.15) is 0 Å². The minimum Gasteiger partial charge on any atom is -0.486 e. The molecule has 0 saturated heterocycles. The number of carbonyl (C=O) groups excluding carboxylic acids is 1. The van der Waals surface area contributed by atoms with Crippen LogP contribution in [0.25, 0.3) is 0 Å². The summed E-state index contributed by atoms with van der Waals surface area (Å²) in [6.07, 6.45) is 2.00. The summed E-state index contributed by atoms with van der Waals surface area (Å²) >= 11 is 7.32. The molecule has 0 bridgehead atoms. The third kappa shape index (κ3) is 4.47. The molecule has 0 aliphatic carbocycles. The van der Waals surface area contributed by atoms with Crippen LogP contribution in [0, 0.1) is 0 Å². The summed E-state index contributed by atoms with van der Waals surface area (Å²) in [7, 11) is 1.89. The Bertz CT molecular complexity index is 1040. The van der Waals surface area contributed by atoms with Crippen LogP contribution in [-0.4, -0.2) is 32.5 Å². The summed E-state index contributed by atoms with van der Waals surface area (Å²) in [5.41, 5.74) is 2.26. The molecule has 1 unspecified atom stereocenters. The van der Waals surface area contributed by atoms with Gasteiger partial charge in [0.1, 0.15) is 12.4 Å². The molecule has 1 aliphatic rings. The summed E-state index contributed by atoms with van der Waals surface area (Å²) in [5, 5.41) is 9.56. The van der Waals surface area contributed by atoms with Crippen molar-refractivity contribution < 1.29 is 9.53 Å². The first-order valence-electron chi connectivity index (χ1n) is 9.85. The van der Waals surface area contributed by atoms with E-state index in [9.17, 15) is 4.79 Å². The molecule has 1 atom stereocenters. The predicted molar refractivity (Wildman–Crippen MR) is 119 cm³/mol.